The first-order chi connectivity index (χ1) is 7.86. The molecule has 1 N–H and O–H groups in total. The van der Waals surface area contributed by atoms with Crippen LogP contribution >= 0.6 is 23.2 Å². The normalized spacial score (nSPS) is 24.1. The van der Waals surface area contributed by atoms with Gasteiger partial charge in [0.05, 0.1) is 0 Å². The fourth-order valence-corrected chi connectivity index (χ4v) is 2.45. The Balaban J connectivity index is 2.53. The van der Waals surface area contributed by atoms with E-state index in [1.807, 2.05) is 0 Å². The van der Waals surface area contributed by atoms with Crippen molar-refractivity contribution in [1.29, 1.82) is 0 Å². The van der Waals surface area contributed by atoms with Crippen molar-refractivity contribution in [3.05, 3.63) is 33.8 Å². The van der Waals surface area contributed by atoms with Crippen molar-refractivity contribution >= 4 is 35.1 Å². The summed E-state index contributed by atoms with van der Waals surface area (Å²) in [6.07, 6.45) is 0. The second-order valence-corrected chi connectivity index (χ2v) is 4.89. The number of carbonyl (C=O) groups is 2. The second kappa shape index (κ2) is 3.89. The number of carbonyl (C=O) groups excluding carboxylic acids is 2. The summed E-state index contributed by atoms with van der Waals surface area (Å²) in [6, 6.07) is 4.37. The van der Waals surface area contributed by atoms with Gasteiger partial charge in [-0.15, -0.1) is 0 Å². The number of halogens is 2. The van der Waals surface area contributed by atoms with E-state index >= 15 is 0 Å². The van der Waals surface area contributed by atoms with Crippen molar-refractivity contribution < 1.29 is 9.59 Å². The van der Waals surface area contributed by atoms with E-state index < -0.39 is 11.6 Å². The van der Waals surface area contributed by atoms with Crippen molar-refractivity contribution in [2.75, 3.05) is 7.05 Å². The zero-order chi connectivity index (χ0) is 12.8. The first-order valence-corrected chi connectivity index (χ1v) is 5.67. The molecule has 1 aliphatic rings. The number of hydrogen-bond donors (Lipinski definition) is 1. The van der Waals surface area contributed by atoms with Gasteiger partial charge in [0.2, 0.25) is 0 Å². The molecule has 0 aliphatic carbocycles. The van der Waals surface area contributed by atoms with E-state index in [4.69, 9.17) is 23.2 Å². The van der Waals surface area contributed by atoms with Gasteiger partial charge in [0.15, 0.2) is 0 Å². The maximum absolute atomic E-state index is 12.0. The minimum absolute atomic E-state index is 0.341. The number of nitrogens with zero attached hydrogens (tertiary/aromatic N) is 1. The van der Waals surface area contributed by atoms with E-state index in [0.717, 1.165) is 4.90 Å². The van der Waals surface area contributed by atoms with E-state index in [1.54, 1.807) is 25.1 Å². The van der Waals surface area contributed by atoms with Crippen LogP contribution in [0.5, 0.6) is 0 Å². The average molecular weight is 273 g/mol. The second-order valence-electron chi connectivity index (χ2n) is 4.04. The SMILES string of the molecule is CN1C(=O)N[C@](C)(c2ccc(Cl)cc2Cl)C1=O. The van der Waals surface area contributed by atoms with Gasteiger partial charge in [-0.25, -0.2) is 4.79 Å². The summed E-state index contributed by atoms with van der Waals surface area (Å²) in [5, 5.41) is 3.45. The molecule has 90 valence electrons. The number of benzene rings is 1. The lowest BCUT2D eigenvalue weighted by Gasteiger charge is -2.22. The van der Waals surface area contributed by atoms with Gasteiger partial charge in [0.25, 0.3) is 5.91 Å². The van der Waals surface area contributed by atoms with E-state index in [9.17, 15) is 9.59 Å². The zero-order valence-corrected chi connectivity index (χ0v) is 10.8. The van der Waals surface area contributed by atoms with Crippen LogP contribution in [0.3, 0.4) is 0 Å². The molecule has 3 amide bonds. The van der Waals surface area contributed by atoms with Crippen LogP contribution in [0.4, 0.5) is 4.79 Å². The summed E-state index contributed by atoms with van der Waals surface area (Å²) < 4.78 is 0. The molecule has 0 spiro atoms. The van der Waals surface area contributed by atoms with Gasteiger partial charge in [0, 0.05) is 22.7 Å². The minimum atomic E-state index is -1.13. The molecule has 1 atom stereocenters. The third-order valence-electron chi connectivity index (χ3n) is 2.86. The molecule has 1 saturated heterocycles. The summed E-state index contributed by atoms with van der Waals surface area (Å²) in [7, 11) is 1.42. The average Bonchev–Trinajstić information content (AvgIpc) is 2.43. The van der Waals surface area contributed by atoms with Crippen LogP contribution < -0.4 is 5.32 Å². The molecule has 0 saturated carbocycles. The number of amides is 3. The number of rotatable bonds is 1. The minimum Gasteiger partial charge on any atom is -0.319 e. The Morgan fingerprint density at radius 3 is 2.41 bits per heavy atom. The number of hydrogen-bond acceptors (Lipinski definition) is 2. The van der Waals surface area contributed by atoms with Gasteiger partial charge in [-0.2, -0.15) is 0 Å². The lowest BCUT2D eigenvalue weighted by molar-refractivity contribution is -0.130. The predicted molar refractivity (Wildman–Crippen MR) is 65.1 cm³/mol. The highest BCUT2D eigenvalue weighted by Crippen LogP contribution is 2.34. The van der Waals surface area contributed by atoms with Crippen molar-refractivity contribution in [3.8, 4) is 0 Å². The third-order valence-corrected chi connectivity index (χ3v) is 3.41. The summed E-state index contributed by atoms with van der Waals surface area (Å²) in [6.45, 7) is 1.62. The van der Waals surface area contributed by atoms with Gasteiger partial charge in [-0.1, -0.05) is 29.3 Å². The highest BCUT2D eigenvalue weighted by atomic mass is 35.5. The topological polar surface area (TPSA) is 49.4 Å². The molecule has 1 aliphatic heterocycles. The molecule has 1 heterocycles. The van der Waals surface area contributed by atoms with Gasteiger partial charge in [-0.05, 0) is 19.1 Å². The number of nitrogens with one attached hydrogen (secondary N) is 1. The first-order valence-electron chi connectivity index (χ1n) is 4.92. The largest absolute Gasteiger partial charge is 0.325 e. The Bertz CT molecular complexity index is 518. The number of urea groups is 1. The van der Waals surface area contributed by atoms with E-state index in [0.29, 0.717) is 15.6 Å². The Kier molecular flexibility index (Phi) is 2.79. The van der Waals surface area contributed by atoms with Crippen LogP contribution in [-0.4, -0.2) is 23.9 Å². The Labute approximate surface area is 108 Å². The monoisotopic (exact) mass is 272 g/mol. The maximum Gasteiger partial charge on any atom is 0.325 e. The van der Waals surface area contributed by atoms with Crippen molar-refractivity contribution in [2.45, 2.75) is 12.5 Å². The summed E-state index contributed by atoms with van der Waals surface area (Å²) >= 11 is 11.8. The fourth-order valence-electron chi connectivity index (χ4n) is 1.86. The van der Waals surface area contributed by atoms with E-state index in [-0.39, 0.29) is 5.91 Å². The molecule has 4 nitrogen and oxygen atoms in total. The molecule has 1 aromatic carbocycles. The zero-order valence-electron chi connectivity index (χ0n) is 9.25. The summed E-state index contributed by atoms with van der Waals surface area (Å²) in [4.78, 5) is 24.5. The number of likely N-dealkylation sites (N-methyl/N-ethyl adjacent to an activating group) is 1. The molecular weight excluding hydrogens is 263 g/mol. The Morgan fingerprint density at radius 1 is 1.29 bits per heavy atom. The van der Waals surface area contributed by atoms with Crippen LogP contribution in [0.1, 0.15) is 12.5 Å². The fraction of sp³-hybridized carbons (Fsp3) is 0.273. The van der Waals surface area contributed by atoms with E-state index in [1.165, 1.54) is 7.05 Å². The van der Waals surface area contributed by atoms with Gasteiger partial charge >= 0.3 is 6.03 Å². The van der Waals surface area contributed by atoms with Gasteiger partial charge in [0.1, 0.15) is 5.54 Å². The maximum atomic E-state index is 12.0. The molecule has 17 heavy (non-hydrogen) atoms. The van der Waals surface area contributed by atoms with Crippen LogP contribution in [0.15, 0.2) is 18.2 Å². The third kappa shape index (κ3) is 1.77. The molecule has 1 aromatic rings. The molecule has 0 bridgehead atoms. The van der Waals surface area contributed by atoms with Gasteiger partial charge in [-0.3, -0.25) is 9.69 Å². The Morgan fingerprint density at radius 2 is 1.94 bits per heavy atom. The van der Waals surface area contributed by atoms with Crippen molar-refractivity contribution in [1.82, 2.24) is 10.2 Å². The molecule has 2 rings (SSSR count). The highest BCUT2D eigenvalue weighted by molar-refractivity contribution is 6.35. The highest BCUT2D eigenvalue weighted by Gasteiger charge is 2.48. The van der Waals surface area contributed by atoms with Crippen LogP contribution in [0, 0.1) is 0 Å². The number of imide groups is 1. The molecule has 0 aromatic heterocycles. The smallest absolute Gasteiger partial charge is 0.319 e. The summed E-state index contributed by atoms with van der Waals surface area (Å²) in [5.74, 6) is -0.341. The molecular formula is C11H10Cl2N2O2. The van der Waals surface area contributed by atoms with Crippen LogP contribution in [0.2, 0.25) is 10.0 Å². The summed E-state index contributed by atoms with van der Waals surface area (Å²) in [5.41, 5.74) is -0.598. The molecule has 1 fully saturated rings. The molecule has 0 unspecified atom stereocenters. The Hall–Kier alpha value is -1.26. The van der Waals surface area contributed by atoms with Crippen LogP contribution in [0.25, 0.3) is 0 Å². The lowest BCUT2D eigenvalue weighted by Crippen LogP contribution is -2.40. The standard InChI is InChI=1S/C11H10Cl2N2O2/c1-11(9(16)15(2)10(17)14-11)7-4-3-6(12)5-8(7)13/h3-5H,1-2H3,(H,14,17)/t11-/m1/s1. The first kappa shape index (κ1) is 12.2. The van der Waals surface area contributed by atoms with E-state index in [2.05, 4.69) is 5.32 Å². The quantitative estimate of drug-likeness (QED) is 0.799. The molecule has 0 radical (unpaired) electrons. The van der Waals surface area contributed by atoms with Crippen molar-refractivity contribution in [3.63, 3.8) is 0 Å². The predicted octanol–water partition coefficient (Wildman–Crippen LogP) is 2.39. The molecule has 6 heteroatoms. The lowest BCUT2D eigenvalue weighted by atomic mass is 9.92. The van der Waals surface area contributed by atoms with Crippen LogP contribution in [-0.2, 0) is 10.3 Å². The van der Waals surface area contributed by atoms with Crippen molar-refractivity contribution in [2.24, 2.45) is 0 Å². The van der Waals surface area contributed by atoms with Gasteiger partial charge < -0.3 is 5.32 Å².